The highest BCUT2D eigenvalue weighted by Gasteiger charge is 2.26. The fourth-order valence-corrected chi connectivity index (χ4v) is 3.90. The van der Waals surface area contributed by atoms with E-state index in [1.807, 2.05) is 30.3 Å². The van der Waals surface area contributed by atoms with E-state index in [2.05, 4.69) is 15.5 Å². The highest BCUT2D eigenvalue weighted by atomic mass is 35.5. The average molecular weight is 295 g/mol. The highest BCUT2D eigenvalue weighted by Crippen LogP contribution is 2.35. The predicted molar refractivity (Wildman–Crippen MR) is 76.9 cm³/mol. The zero-order valence-corrected chi connectivity index (χ0v) is 12.0. The number of hydrogen-bond donors (Lipinski definition) is 0. The molecule has 4 nitrogen and oxygen atoms in total. The minimum Gasteiger partial charge on any atom is -0.188 e. The smallest absolute Gasteiger partial charge is 0.188 e. The molecule has 2 aromatic rings. The molecule has 6 heteroatoms. The van der Waals surface area contributed by atoms with E-state index < -0.39 is 0 Å². The quantitative estimate of drug-likeness (QED) is 0.815. The fraction of sp³-hybridized carbons (Fsp3) is 0.462. The largest absolute Gasteiger partial charge is 0.214 e. The van der Waals surface area contributed by atoms with Crippen LogP contribution in [-0.4, -0.2) is 30.8 Å². The normalized spacial score (nSPS) is 23.4. The van der Waals surface area contributed by atoms with Crippen molar-refractivity contribution in [3.8, 4) is 5.69 Å². The summed E-state index contributed by atoms with van der Waals surface area (Å²) in [5.41, 5.74) is 0.983. The SMILES string of the molecule is Cl[C@H]1CCCC[C@@H]1Sc1nnnn1-c1ccccc1. The number of tetrazole rings is 1. The molecule has 0 saturated heterocycles. The summed E-state index contributed by atoms with van der Waals surface area (Å²) >= 11 is 8.09. The monoisotopic (exact) mass is 294 g/mol. The minimum atomic E-state index is 0.222. The molecule has 0 amide bonds. The third-order valence-electron chi connectivity index (χ3n) is 3.32. The summed E-state index contributed by atoms with van der Waals surface area (Å²) in [5, 5.41) is 13.4. The van der Waals surface area contributed by atoms with Crippen LogP contribution in [0.5, 0.6) is 0 Å². The van der Waals surface area contributed by atoms with E-state index in [4.69, 9.17) is 11.6 Å². The molecule has 1 saturated carbocycles. The lowest BCUT2D eigenvalue weighted by Gasteiger charge is -2.25. The van der Waals surface area contributed by atoms with E-state index in [9.17, 15) is 0 Å². The first-order valence-electron chi connectivity index (χ1n) is 6.49. The number of para-hydroxylation sites is 1. The van der Waals surface area contributed by atoms with E-state index in [0.29, 0.717) is 5.25 Å². The summed E-state index contributed by atoms with van der Waals surface area (Å²) in [4.78, 5) is 0. The Morgan fingerprint density at radius 2 is 1.95 bits per heavy atom. The van der Waals surface area contributed by atoms with Gasteiger partial charge in [0.25, 0.3) is 0 Å². The number of alkyl halides is 1. The predicted octanol–water partition coefficient (Wildman–Crippen LogP) is 3.30. The molecule has 1 aromatic heterocycles. The molecule has 3 rings (SSSR count). The Bertz CT molecular complexity index is 530. The van der Waals surface area contributed by atoms with Gasteiger partial charge in [0.05, 0.1) is 5.69 Å². The Morgan fingerprint density at radius 3 is 2.74 bits per heavy atom. The highest BCUT2D eigenvalue weighted by molar-refractivity contribution is 7.99. The van der Waals surface area contributed by atoms with Crippen LogP contribution in [0.2, 0.25) is 0 Å². The van der Waals surface area contributed by atoms with Crippen LogP contribution in [0.4, 0.5) is 0 Å². The van der Waals surface area contributed by atoms with E-state index in [-0.39, 0.29) is 5.38 Å². The van der Waals surface area contributed by atoms with Crippen molar-refractivity contribution in [1.29, 1.82) is 0 Å². The van der Waals surface area contributed by atoms with Gasteiger partial charge in [0.1, 0.15) is 0 Å². The molecular formula is C13H15ClN4S. The molecule has 0 aliphatic heterocycles. The van der Waals surface area contributed by atoms with E-state index in [0.717, 1.165) is 23.7 Å². The summed E-state index contributed by atoms with van der Waals surface area (Å²) in [5.74, 6) is 0. The van der Waals surface area contributed by atoms with Crippen molar-refractivity contribution in [2.75, 3.05) is 0 Å². The molecule has 1 aliphatic carbocycles. The maximum atomic E-state index is 6.40. The number of benzene rings is 1. The van der Waals surface area contributed by atoms with Crippen LogP contribution in [0, 0.1) is 0 Å². The van der Waals surface area contributed by atoms with Gasteiger partial charge >= 0.3 is 0 Å². The summed E-state index contributed by atoms with van der Waals surface area (Å²) in [7, 11) is 0. The second-order valence-electron chi connectivity index (χ2n) is 4.67. The molecule has 1 aliphatic rings. The third-order valence-corrected chi connectivity index (χ3v) is 5.32. The molecule has 0 spiro atoms. The van der Waals surface area contributed by atoms with Gasteiger partial charge in [0, 0.05) is 10.6 Å². The second kappa shape index (κ2) is 5.92. The van der Waals surface area contributed by atoms with Crippen LogP contribution in [0.25, 0.3) is 5.69 Å². The Kier molecular flexibility index (Phi) is 4.03. The molecular weight excluding hydrogens is 280 g/mol. The van der Waals surface area contributed by atoms with Crippen LogP contribution in [-0.2, 0) is 0 Å². The minimum absolute atomic E-state index is 0.222. The maximum absolute atomic E-state index is 6.40. The molecule has 0 N–H and O–H groups in total. The molecule has 1 aromatic carbocycles. The van der Waals surface area contributed by atoms with Crippen LogP contribution >= 0.6 is 23.4 Å². The van der Waals surface area contributed by atoms with Crippen molar-refractivity contribution in [3.05, 3.63) is 30.3 Å². The van der Waals surface area contributed by atoms with Crippen molar-refractivity contribution in [1.82, 2.24) is 20.2 Å². The molecule has 2 atom stereocenters. The summed E-state index contributed by atoms with van der Waals surface area (Å²) in [6.07, 6.45) is 4.70. The second-order valence-corrected chi connectivity index (χ2v) is 6.43. The zero-order chi connectivity index (χ0) is 13.1. The lowest BCUT2D eigenvalue weighted by molar-refractivity contribution is 0.521. The van der Waals surface area contributed by atoms with Gasteiger partial charge in [-0.2, -0.15) is 4.68 Å². The first-order valence-corrected chi connectivity index (χ1v) is 7.81. The Hall–Kier alpha value is -1.07. The molecule has 100 valence electrons. The number of hydrogen-bond acceptors (Lipinski definition) is 4. The first-order chi connectivity index (χ1) is 9.34. The molecule has 0 radical (unpaired) electrons. The van der Waals surface area contributed by atoms with Crippen LogP contribution < -0.4 is 0 Å². The number of rotatable bonds is 3. The number of nitrogens with zero attached hydrogens (tertiary/aromatic N) is 4. The Morgan fingerprint density at radius 1 is 1.16 bits per heavy atom. The van der Waals surface area contributed by atoms with Crippen LogP contribution in [0.3, 0.4) is 0 Å². The zero-order valence-electron chi connectivity index (χ0n) is 10.4. The van der Waals surface area contributed by atoms with Crippen molar-refractivity contribution in [2.45, 2.75) is 41.5 Å². The van der Waals surface area contributed by atoms with Crippen LogP contribution in [0.1, 0.15) is 25.7 Å². The van der Waals surface area contributed by atoms with Gasteiger partial charge in [-0.15, -0.1) is 16.7 Å². The van der Waals surface area contributed by atoms with Crippen molar-refractivity contribution in [2.24, 2.45) is 0 Å². The Balaban J connectivity index is 1.81. The molecule has 0 unspecified atom stereocenters. The number of aromatic nitrogens is 4. The average Bonchev–Trinajstić information content (AvgIpc) is 2.91. The van der Waals surface area contributed by atoms with Gasteiger partial charge in [-0.1, -0.05) is 42.8 Å². The van der Waals surface area contributed by atoms with E-state index in [1.54, 1.807) is 16.4 Å². The van der Waals surface area contributed by atoms with E-state index in [1.165, 1.54) is 12.8 Å². The van der Waals surface area contributed by atoms with Crippen molar-refractivity contribution < 1.29 is 0 Å². The van der Waals surface area contributed by atoms with Gasteiger partial charge in [0.2, 0.25) is 5.16 Å². The lowest BCUT2D eigenvalue weighted by atomic mass is 10.00. The standard InChI is InChI=1S/C13H15ClN4S/c14-11-8-4-5-9-12(11)19-13-15-16-17-18(13)10-6-2-1-3-7-10/h1-3,6-7,11-12H,4-5,8-9H2/t11-,12-/m0/s1. The number of thioether (sulfide) groups is 1. The summed E-state index contributed by atoms with van der Waals surface area (Å²) in [6, 6.07) is 9.95. The summed E-state index contributed by atoms with van der Waals surface area (Å²) < 4.78 is 1.78. The molecule has 19 heavy (non-hydrogen) atoms. The van der Waals surface area contributed by atoms with Crippen molar-refractivity contribution >= 4 is 23.4 Å². The van der Waals surface area contributed by atoms with Crippen molar-refractivity contribution in [3.63, 3.8) is 0 Å². The molecule has 0 bridgehead atoms. The molecule has 1 heterocycles. The van der Waals surface area contributed by atoms with Gasteiger partial charge < -0.3 is 0 Å². The number of halogens is 1. The van der Waals surface area contributed by atoms with Gasteiger partial charge in [-0.25, -0.2) is 0 Å². The first kappa shape index (κ1) is 12.9. The van der Waals surface area contributed by atoms with Gasteiger partial charge in [0.15, 0.2) is 0 Å². The Labute approximate surface area is 121 Å². The fourth-order valence-electron chi connectivity index (χ4n) is 2.30. The van der Waals surface area contributed by atoms with E-state index >= 15 is 0 Å². The molecule has 1 fully saturated rings. The summed E-state index contributed by atoms with van der Waals surface area (Å²) in [6.45, 7) is 0. The van der Waals surface area contributed by atoms with Gasteiger partial charge in [-0.05, 0) is 35.4 Å². The maximum Gasteiger partial charge on any atom is 0.214 e. The lowest BCUT2D eigenvalue weighted by Crippen LogP contribution is -2.22. The van der Waals surface area contributed by atoms with Crippen LogP contribution in [0.15, 0.2) is 35.5 Å². The third kappa shape index (κ3) is 2.92. The topological polar surface area (TPSA) is 43.6 Å². The van der Waals surface area contributed by atoms with Gasteiger partial charge in [-0.3, -0.25) is 0 Å².